The minimum absolute atomic E-state index is 0.230. The molecule has 0 bridgehead atoms. The maximum absolute atomic E-state index is 12.7. The highest BCUT2D eigenvalue weighted by atomic mass is 35.5. The normalized spacial score (nSPS) is 11.1. The van der Waals surface area contributed by atoms with E-state index in [1.54, 1.807) is 35.3 Å². The fraction of sp³-hybridized carbons (Fsp3) is 0.111. The summed E-state index contributed by atoms with van der Waals surface area (Å²) in [5.41, 5.74) is 1.25. The highest BCUT2D eigenvalue weighted by Gasteiger charge is 2.20. The van der Waals surface area contributed by atoms with Crippen LogP contribution in [-0.4, -0.2) is 15.7 Å². The van der Waals surface area contributed by atoms with Gasteiger partial charge < -0.3 is 14.2 Å². The van der Waals surface area contributed by atoms with Crippen LogP contribution in [0.2, 0.25) is 5.02 Å². The first-order valence-corrected chi connectivity index (χ1v) is 8.04. The van der Waals surface area contributed by atoms with Crippen molar-refractivity contribution in [1.29, 1.82) is 0 Å². The topological polar surface area (TPSA) is 73.2 Å². The molecule has 6 nitrogen and oxygen atoms in total. The van der Waals surface area contributed by atoms with Crippen LogP contribution in [0.5, 0.6) is 0 Å². The molecule has 1 amide bonds. The van der Waals surface area contributed by atoms with Gasteiger partial charge in [0.2, 0.25) is 0 Å². The number of para-hydroxylation sites is 1. The second-order valence-corrected chi connectivity index (χ2v) is 5.99. The monoisotopic (exact) mass is 355 g/mol. The highest BCUT2D eigenvalue weighted by molar-refractivity contribution is 6.35. The van der Waals surface area contributed by atoms with Crippen LogP contribution in [0.3, 0.4) is 0 Å². The predicted molar refractivity (Wildman–Crippen MR) is 94.0 cm³/mol. The van der Waals surface area contributed by atoms with Crippen LogP contribution in [-0.2, 0) is 6.54 Å². The van der Waals surface area contributed by atoms with Crippen LogP contribution in [0.25, 0.3) is 11.0 Å². The van der Waals surface area contributed by atoms with E-state index >= 15 is 0 Å². The lowest BCUT2D eigenvalue weighted by Crippen LogP contribution is -2.16. The number of fused-ring (bicyclic) bond motifs is 1. The van der Waals surface area contributed by atoms with Gasteiger partial charge in [-0.1, -0.05) is 23.7 Å². The standard InChI is InChI=1S/C18H14ClN3O3/c1-11-13-5-2-6-14(19)17(13)25-16(11)18(23)21-15-7-8-20-22(15)10-12-4-3-9-24-12/h2-9H,10H2,1H3,(H,21,23). The van der Waals surface area contributed by atoms with Crippen molar-refractivity contribution >= 4 is 34.3 Å². The summed E-state index contributed by atoms with van der Waals surface area (Å²) in [5.74, 6) is 1.16. The molecular formula is C18H14ClN3O3. The smallest absolute Gasteiger partial charge is 0.292 e. The van der Waals surface area contributed by atoms with Gasteiger partial charge in [0.05, 0.1) is 17.5 Å². The van der Waals surface area contributed by atoms with Crippen molar-refractivity contribution in [3.63, 3.8) is 0 Å². The van der Waals surface area contributed by atoms with Gasteiger partial charge in [-0.15, -0.1) is 0 Å². The fourth-order valence-corrected chi connectivity index (χ4v) is 2.93. The molecule has 3 aromatic heterocycles. The molecule has 126 valence electrons. The second-order valence-electron chi connectivity index (χ2n) is 5.58. The number of hydrogen-bond acceptors (Lipinski definition) is 4. The molecule has 0 aliphatic heterocycles. The Morgan fingerprint density at radius 1 is 1.28 bits per heavy atom. The Balaban J connectivity index is 1.62. The number of anilines is 1. The first-order chi connectivity index (χ1) is 12.1. The summed E-state index contributed by atoms with van der Waals surface area (Å²) in [5, 5.41) is 8.33. The highest BCUT2D eigenvalue weighted by Crippen LogP contribution is 2.31. The molecule has 0 saturated heterocycles. The number of benzene rings is 1. The van der Waals surface area contributed by atoms with Crippen LogP contribution < -0.4 is 5.32 Å². The molecular weight excluding hydrogens is 342 g/mol. The molecule has 0 fully saturated rings. The molecule has 4 aromatic rings. The van der Waals surface area contributed by atoms with E-state index in [9.17, 15) is 4.79 Å². The fourth-order valence-electron chi connectivity index (χ4n) is 2.71. The van der Waals surface area contributed by atoms with Crippen molar-refractivity contribution in [1.82, 2.24) is 9.78 Å². The number of furan rings is 2. The van der Waals surface area contributed by atoms with Gasteiger partial charge in [0.1, 0.15) is 18.1 Å². The number of rotatable bonds is 4. The van der Waals surface area contributed by atoms with Gasteiger partial charge in [0, 0.05) is 17.0 Å². The molecule has 0 spiro atoms. The summed E-state index contributed by atoms with van der Waals surface area (Å²) in [7, 11) is 0. The van der Waals surface area contributed by atoms with Crippen molar-refractivity contribution < 1.29 is 13.6 Å². The summed E-state index contributed by atoms with van der Waals surface area (Å²) >= 11 is 6.14. The van der Waals surface area contributed by atoms with Gasteiger partial charge in [-0.3, -0.25) is 4.79 Å². The van der Waals surface area contributed by atoms with E-state index in [-0.39, 0.29) is 11.7 Å². The van der Waals surface area contributed by atoms with E-state index < -0.39 is 0 Å². The van der Waals surface area contributed by atoms with E-state index in [1.807, 2.05) is 25.1 Å². The van der Waals surface area contributed by atoms with Crippen LogP contribution in [0.1, 0.15) is 21.9 Å². The SMILES string of the molecule is Cc1c(C(=O)Nc2ccnn2Cc2ccco2)oc2c(Cl)cccc12. The molecule has 0 aliphatic carbocycles. The number of halogens is 1. The number of carbonyl (C=O) groups excluding carboxylic acids is 1. The Bertz CT molecular complexity index is 1050. The number of aryl methyl sites for hydroxylation is 1. The Hall–Kier alpha value is -2.99. The van der Waals surface area contributed by atoms with Crippen LogP contribution >= 0.6 is 11.6 Å². The number of nitrogens with one attached hydrogen (secondary N) is 1. The lowest BCUT2D eigenvalue weighted by atomic mass is 10.1. The number of hydrogen-bond donors (Lipinski definition) is 1. The lowest BCUT2D eigenvalue weighted by molar-refractivity contribution is 0.0997. The van der Waals surface area contributed by atoms with Crippen molar-refractivity contribution in [3.8, 4) is 0 Å². The van der Waals surface area contributed by atoms with Crippen LogP contribution in [0.15, 0.2) is 57.7 Å². The Morgan fingerprint density at radius 2 is 2.16 bits per heavy atom. The van der Waals surface area contributed by atoms with E-state index in [0.717, 1.165) is 16.7 Å². The van der Waals surface area contributed by atoms with E-state index in [0.29, 0.717) is 23.0 Å². The van der Waals surface area contributed by atoms with Gasteiger partial charge >= 0.3 is 0 Å². The van der Waals surface area contributed by atoms with E-state index in [4.69, 9.17) is 20.4 Å². The maximum atomic E-state index is 12.7. The molecule has 1 N–H and O–H groups in total. The number of aromatic nitrogens is 2. The first-order valence-electron chi connectivity index (χ1n) is 7.66. The van der Waals surface area contributed by atoms with Gasteiger partial charge in [-0.05, 0) is 25.1 Å². The predicted octanol–water partition coefficient (Wildman–Crippen LogP) is 4.48. The average molecular weight is 356 g/mol. The summed E-state index contributed by atoms with van der Waals surface area (Å²) in [6.07, 6.45) is 3.21. The van der Waals surface area contributed by atoms with Crippen molar-refractivity contribution in [3.05, 3.63) is 71.0 Å². The molecule has 0 aliphatic rings. The molecule has 0 unspecified atom stereocenters. The third-order valence-corrected chi connectivity index (χ3v) is 4.26. The Morgan fingerprint density at radius 3 is 2.92 bits per heavy atom. The quantitative estimate of drug-likeness (QED) is 0.585. The van der Waals surface area contributed by atoms with Gasteiger partial charge in [0.15, 0.2) is 11.3 Å². The molecule has 4 rings (SSSR count). The van der Waals surface area contributed by atoms with Crippen molar-refractivity contribution in [2.24, 2.45) is 0 Å². The van der Waals surface area contributed by atoms with Crippen molar-refractivity contribution in [2.45, 2.75) is 13.5 Å². The number of nitrogens with zero attached hydrogens (tertiary/aromatic N) is 2. The molecule has 0 radical (unpaired) electrons. The van der Waals surface area contributed by atoms with Gasteiger partial charge in [-0.2, -0.15) is 5.10 Å². The number of carbonyl (C=O) groups is 1. The maximum Gasteiger partial charge on any atom is 0.292 e. The van der Waals surface area contributed by atoms with Crippen LogP contribution in [0, 0.1) is 6.92 Å². The molecule has 0 saturated carbocycles. The number of amides is 1. The third-order valence-electron chi connectivity index (χ3n) is 3.97. The lowest BCUT2D eigenvalue weighted by Gasteiger charge is -2.07. The van der Waals surface area contributed by atoms with E-state index in [1.165, 1.54) is 0 Å². The molecule has 1 aromatic carbocycles. The Labute approximate surface area is 148 Å². The molecule has 7 heteroatoms. The Kier molecular flexibility index (Phi) is 3.82. The van der Waals surface area contributed by atoms with E-state index in [2.05, 4.69) is 10.4 Å². The summed E-state index contributed by atoms with van der Waals surface area (Å²) in [6, 6.07) is 10.8. The first kappa shape index (κ1) is 15.5. The second kappa shape index (κ2) is 6.14. The van der Waals surface area contributed by atoms with Crippen LogP contribution in [0.4, 0.5) is 5.82 Å². The zero-order valence-corrected chi connectivity index (χ0v) is 14.1. The zero-order chi connectivity index (χ0) is 17.4. The minimum Gasteiger partial charge on any atom is -0.467 e. The summed E-state index contributed by atoms with van der Waals surface area (Å²) < 4.78 is 12.7. The molecule has 25 heavy (non-hydrogen) atoms. The molecule has 0 atom stereocenters. The van der Waals surface area contributed by atoms with Gasteiger partial charge in [0.25, 0.3) is 5.91 Å². The molecule has 3 heterocycles. The zero-order valence-electron chi connectivity index (χ0n) is 13.3. The summed E-state index contributed by atoms with van der Waals surface area (Å²) in [4.78, 5) is 12.7. The average Bonchev–Trinajstić information content (AvgIpc) is 3.31. The van der Waals surface area contributed by atoms with Gasteiger partial charge in [-0.25, -0.2) is 4.68 Å². The minimum atomic E-state index is -0.356. The largest absolute Gasteiger partial charge is 0.467 e. The third kappa shape index (κ3) is 2.81. The summed E-state index contributed by atoms with van der Waals surface area (Å²) in [6.45, 7) is 2.25. The van der Waals surface area contributed by atoms with Crippen molar-refractivity contribution in [2.75, 3.05) is 5.32 Å².